The Kier molecular flexibility index (Phi) is 3.56. The number of anilines is 1. The molecule has 0 unspecified atom stereocenters. The highest BCUT2D eigenvalue weighted by molar-refractivity contribution is 5.81. The average molecular weight is 268 g/mol. The summed E-state index contributed by atoms with van der Waals surface area (Å²) in [6, 6.07) is 8.41. The van der Waals surface area contributed by atoms with E-state index in [1.165, 1.54) is 17.5 Å². The van der Waals surface area contributed by atoms with Crippen LogP contribution in [0.3, 0.4) is 0 Å². The van der Waals surface area contributed by atoms with E-state index in [0.29, 0.717) is 18.7 Å². The monoisotopic (exact) mass is 268 g/mol. The van der Waals surface area contributed by atoms with Gasteiger partial charge in [0.05, 0.1) is 6.33 Å². The minimum atomic E-state index is 0.667. The van der Waals surface area contributed by atoms with Gasteiger partial charge in [-0.2, -0.15) is 0 Å². The quantitative estimate of drug-likeness (QED) is 0.651. The minimum Gasteiger partial charge on any atom is -0.364 e. The zero-order valence-corrected chi connectivity index (χ0v) is 11.0. The molecule has 0 saturated heterocycles. The fourth-order valence-electron chi connectivity index (χ4n) is 2.08. The third kappa shape index (κ3) is 2.60. The highest BCUT2D eigenvalue weighted by Gasteiger charge is 2.04. The Hall–Kier alpha value is -2.47. The third-order valence-electron chi connectivity index (χ3n) is 3.14. The standard InChI is InChI=1S/C14H16N6/c15-6-5-10-1-3-11(4-2-10)7-16-13-12-14(18-8-17-12)20-9-19-13/h1-4,8-9H,5-7,15H2,(H2,16,17,18,19,20). The van der Waals surface area contributed by atoms with E-state index in [4.69, 9.17) is 5.73 Å². The highest BCUT2D eigenvalue weighted by Crippen LogP contribution is 2.15. The second kappa shape index (κ2) is 5.66. The zero-order chi connectivity index (χ0) is 13.8. The van der Waals surface area contributed by atoms with E-state index in [-0.39, 0.29) is 0 Å². The van der Waals surface area contributed by atoms with Gasteiger partial charge in [-0.05, 0) is 24.1 Å². The first-order valence-electron chi connectivity index (χ1n) is 6.52. The molecule has 102 valence electrons. The fraction of sp³-hybridized carbons (Fsp3) is 0.214. The fourth-order valence-corrected chi connectivity index (χ4v) is 2.08. The van der Waals surface area contributed by atoms with Crippen molar-refractivity contribution in [3.05, 3.63) is 48.0 Å². The van der Waals surface area contributed by atoms with Crippen molar-refractivity contribution in [1.82, 2.24) is 19.9 Å². The number of imidazole rings is 1. The summed E-state index contributed by atoms with van der Waals surface area (Å²) in [6.45, 7) is 1.38. The van der Waals surface area contributed by atoms with E-state index in [1.807, 2.05) is 0 Å². The van der Waals surface area contributed by atoms with Gasteiger partial charge in [-0.15, -0.1) is 0 Å². The molecule has 6 nitrogen and oxygen atoms in total. The van der Waals surface area contributed by atoms with Gasteiger partial charge in [0, 0.05) is 6.54 Å². The van der Waals surface area contributed by atoms with E-state index in [2.05, 4.69) is 49.5 Å². The van der Waals surface area contributed by atoms with Crippen molar-refractivity contribution in [2.75, 3.05) is 11.9 Å². The Bertz CT molecular complexity index is 688. The van der Waals surface area contributed by atoms with Crippen LogP contribution in [0.2, 0.25) is 0 Å². The Balaban J connectivity index is 1.71. The summed E-state index contributed by atoms with van der Waals surface area (Å²) in [7, 11) is 0. The second-order valence-corrected chi connectivity index (χ2v) is 4.53. The first-order valence-corrected chi connectivity index (χ1v) is 6.52. The molecule has 0 bridgehead atoms. The van der Waals surface area contributed by atoms with Crippen LogP contribution in [-0.2, 0) is 13.0 Å². The number of hydrogen-bond donors (Lipinski definition) is 3. The van der Waals surface area contributed by atoms with Crippen molar-refractivity contribution in [1.29, 1.82) is 0 Å². The second-order valence-electron chi connectivity index (χ2n) is 4.53. The van der Waals surface area contributed by atoms with E-state index in [9.17, 15) is 0 Å². The number of H-pyrrole nitrogens is 1. The van der Waals surface area contributed by atoms with Crippen molar-refractivity contribution < 1.29 is 0 Å². The number of benzene rings is 1. The number of fused-ring (bicyclic) bond motifs is 1. The van der Waals surface area contributed by atoms with Crippen LogP contribution in [-0.4, -0.2) is 26.5 Å². The Labute approximate surface area is 116 Å². The SMILES string of the molecule is NCCc1ccc(CNc2ncnc3nc[nH]c23)cc1. The average Bonchev–Trinajstić information content (AvgIpc) is 2.96. The highest BCUT2D eigenvalue weighted by atomic mass is 15.1. The summed E-state index contributed by atoms with van der Waals surface area (Å²) in [5.41, 5.74) is 9.48. The van der Waals surface area contributed by atoms with Crippen molar-refractivity contribution in [2.45, 2.75) is 13.0 Å². The van der Waals surface area contributed by atoms with Gasteiger partial charge in [0.2, 0.25) is 0 Å². The van der Waals surface area contributed by atoms with Gasteiger partial charge in [-0.1, -0.05) is 24.3 Å². The molecule has 3 aromatic rings. The maximum Gasteiger partial charge on any atom is 0.182 e. The maximum atomic E-state index is 5.54. The first kappa shape index (κ1) is 12.6. The van der Waals surface area contributed by atoms with Crippen molar-refractivity contribution >= 4 is 17.0 Å². The van der Waals surface area contributed by atoms with Gasteiger partial charge in [0.15, 0.2) is 11.5 Å². The van der Waals surface area contributed by atoms with Crippen LogP contribution in [0.25, 0.3) is 11.2 Å². The zero-order valence-electron chi connectivity index (χ0n) is 11.0. The molecular weight excluding hydrogens is 252 g/mol. The molecule has 0 aliphatic heterocycles. The normalized spacial score (nSPS) is 10.8. The molecule has 0 atom stereocenters. The molecule has 1 aromatic carbocycles. The van der Waals surface area contributed by atoms with Crippen LogP contribution < -0.4 is 11.1 Å². The molecule has 0 aliphatic carbocycles. The van der Waals surface area contributed by atoms with Gasteiger partial charge in [-0.25, -0.2) is 15.0 Å². The number of hydrogen-bond acceptors (Lipinski definition) is 5. The number of aromatic amines is 1. The van der Waals surface area contributed by atoms with E-state index >= 15 is 0 Å². The molecule has 20 heavy (non-hydrogen) atoms. The Morgan fingerprint density at radius 3 is 2.65 bits per heavy atom. The van der Waals surface area contributed by atoms with Crippen LogP contribution in [0.4, 0.5) is 5.82 Å². The Morgan fingerprint density at radius 1 is 1.05 bits per heavy atom. The largest absolute Gasteiger partial charge is 0.364 e. The summed E-state index contributed by atoms with van der Waals surface area (Å²) in [5, 5.41) is 3.29. The van der Waals surface area contributed by atoms with Gasteiger partial charge < -0.3 is 16.0 Å². The van der Waals surface area contributed by atoms with E-state index in [0.717, 1.165) is 17.8 Å². The molecule has 0 radical (unpaired) electrons. The van der Waals surface area contributed by atoms with Crippen molar-refractivity contribution in [2.24, 2.45) is 5.73 Å². The lowest BCUT2D eigenvalue weighted by Crippen LogP contribution is -2.04. The molecule has 0 spiro atoms. The number of rotatable bonds is 5. The van der Waals surface area contributed by atoms with Crippen LogP contribution in [0.5, 0.6) is 0 Å². The Morgan fingerprint density at radius 2 is 1.85 bits per heavy atom. The predicted molar refractivity (Wildman–Crippen MR) is 78.2 cm³/mol. The van der Waals surface area contributed by atoms with Crippen LogP contribution in [0.1, 0.15) is 11.1 Å². The molecular formula is C14H16N6. The molecule has 2 heterocycles. The predicted octanol–water partition coefficient (Wildman–Crippen LogP) is 1.47. The maximum absolute atomic E-state index is 5.54. The molecule has 4 N–H and O–H groups in total. The molecule has 6 heteroatoms. The molecule has 0 saturated carbocycles. The van der Waals surface area contributed by atoms with Crippen LogP contribution >= 0.6 is 0 Å². The van der Waals surface area contributed by atoms with Gasteiger partial charge in [-0.3, -0.25) is 0 Å². The molecule has 0 amide bonds. The van der Waals surface area contributed by atoms with Gasteiger partial charge in [0.25, 0.3) is 0 Å². The van der Waals surface area contributed by atoms with Gasteiger partial charge in [0.1, 0.15) is 11.8 Å². The lowest BCUT2D eigenvalue weighted by atomic mass is 10.1. The first-order chi connectivity index (χ1) is 9.86. The third-order valence-corrected chi connectivity index (χ3v) is 3.14. The lowest BCUT2D eigenvalue weighted by Gasteiger charge is -2.07. The number of nitrogens with one attached hydrogen (secondary N) is 2. The lowest BCUT2D eigenvalue weighted by molar-refractivity contribution is 0.965. The van der Waals surface area contributed by atoms with E-state index in [1.54, 1.807) is 6.33 Å². The smallest absolute Gasteiger partial charge is 0.182 e. The van der Waals surface area contributed by atoms with Crippen LogP contribution in [0, 0.1) is 0 Å². The summed E-state index contributed by atoms with van der Waals surface area (Å²) in [6.07, 6.45) is 4.04. The van der Waals surface area contributed by atoms with Crippen molar-refractivity contribution in [3.8, 4) is 0 Å². The number of nitrogens with two attached hydrogens (primary N) is 1. The molecule has 2 aromatic heterocycles. The molecule has 0 fully saturated rings. The van der Waals surface area contributed by atoms with E-state index < -0.39 is 0 Å². The number of aromatic nitrogens is 4. The van der Waals surface area contributed by atoms with Gasteiger partial charge >= 0.3 is 0 Å². The summed E-state index contributed by atoms with van der Waals surface area (Å²) >= 11 is 0. The molecule has 3 rings (SSSR count). The number of nitrogens with zero attached hydrogens (tertiary/aromatic N) is 3. The topological polar surface area (TPSA) is 92.5 Å². The van der Waals surface area contributed by atoms with Crippen LogP contribution in [0.15, 0.2) is 36.9 Å². The summed E-state index contributed by atoms with van der Waals surface area (Å²) < 4.78 is 0. The minimum absolute atomic E-state index is 0.667. The van der Waals surface area contributed by atoms with Crippen molar-refractivity contribution in [3.63, 3.8) is 0 Å². The summed E-state index contributed by atoms with van der Waals surface area (Å²) in [5.74, 6) is 0.763. The summed E-state index contributed by atoms with van der Waals surface area (Å²) in [4.78, 5) is 15.5. The molecule has 0 aliphatic rings.